The molecular weight excluding hydrogens is 1010 g/mol. The van der Waals surface area contributed by atoms with Gasteiger partial charge in [-0.25, -0.2) is 0 Å². The van der Waals surface area contributed by atoms with Crippen molar-refractivity contribution in [2.24, 2.45) is 5.41 Å². The maximum absolute atomic E-state index is 6.31. The van der Waals surface area contributed by atoms with E-state index in [0.29, 0.717) is 6.61 Å². The summed E-state index contributed by atoms with van der Waals surface area (Å²) in [6, 6.07) is 94.1. The van der Waals surface area contributed by atoms with Crippen LogP contribution in [-0.4, -0.2) is 33.0 Å². The predicted octanol–water partition coefficient (Wildman–Crippen LogP) is 21.2. The Labute approximate surface area is 493 Å². The van der Waals surface area contributed by atoms with Gasteiger partial charge in [0.25, 0.3) is 0 Å². The van der Waals surface area contributed by atoms with Crippen LogP contribution >= 0.6 is 0 Å². The van der Waals surface area contributed by atoms with Crippen LogP contribution in [0.2, 0.25) is 0 Å². The number of nitrogens with zero attached hydrogens (tertiary/aromatic N) is 3. The van der Waals surface area contributed by atoms with Crippen molar-refractivity contribution in [1.82, 2.24) is 0 Å². The van der Waals surface area contributed by atoms with Gasteiger partial charge >= 0.3 is 0 Å². The summed E-state index contributed by atoms with van der Waals surface area (Å²) in [5.41, 5.74) is 18.3. The first-order valence-electron chi connectivity index (χ1n) is 30.0. The fourth-order valence-electron chi connectivity index (χ4n) is 11.1. The number of rotatable bonds is 27. The summed E-state index contributed by atoms with van der Waals surface area (Å²) in [5, 5.41) is 0. The molecule has 10 aromatic carbocycles. The zero-order valence-corrected chi connectivity index (χ0v) is 48.3. The van der Waals surface area contributed by atoms with Crippen LogP contribution < -0.4 is 19.4 Å². The molecule has 418 valence electrons. The molecule has 0 aromatic heterocycles. The minimum absolute atomic E-state index is 0.173. The van der Waals surface area contributed by atoms with E-state index in [1.165, 1.54) is 44.1 Å². The maximum Gasteiger partial charge on any atom is 0.119 e. The van der Waals surface area contributed by atoms with Crippen LogP contribution in [0.5, 0.6) is 5.75 Å². The fourth-order valence-corrected chi connectivity index (χ4v) is 11.1. The third kappa shape index (κ3) is 14.5. The van der Waals surface area contributed by atoms with Gasteiger partial charge in [0, 0.05) is 63.2 Å². The number of aryl methyl sites for hydroxylation is 1. The molecule has 0 aliphatic carbocycles. The van der Waals surface area contributed by atoms with E-state index in [9.17, 15) is 0 Å². The van der Waals surface area contributed by atoms with Crippen molar-refractivity contribution in [3.8, 4) is 39.1 Å². The van der Waals surface area contributed by atoms with Gasteiger partial charge in [-0.15, -0.1) is 0 Å². The summed E-state index contributed by atoms with van der Waals surface area (Å²) in [7, 11) is 0. The second kappa shape index (κ2) is 27.9. The van der Waals surface area contributed by atoms with Crippen LogP contribution in [0.25, 0.3) is 33.4 Å². The highest BCUT2D eigenvalue weighted by Gasteiger charge is 2.33. The third-order valence-electron chi connectivity index (χ3n) is 15.8. The van der Waals surface area contributed by atoms with Crippen LogP contribution in [0.15, 0.2) is 261 Å². The summed E-state index contributed by atoms with van der Waals surface area (Å²) in [5.74, 6) is 0.866. The normalized spacial score (nSPS) is 12.6. The molecule has 0 radical (unpaired) electrons. The highest BCUT2D eigenvalue weighted by molar-refractivity contribution is 5.84. The van der Waals surface area contributed by atoms with Crippen LogP contribution in [0, 0.1) is 5.41 Å². The van der Waals surface area contributed by atoms with E-state index in [1.807, 2.05) is 0 Å². The van der Waals surface area contributed by atoms with Crippen molar-refractivity contribution in [2.75, 3.05) is 47.7 Å². The van der Waals surface area contributed by atoms with E-state index >= 15 is 0 Å². The van der Waals surface area contributed by atoms with Gasteiger partial charge in [-0.3, -0.25) is 0 Å². The van der Waals surface area contributed by atoms with Crippen molar-refractivity contribution in [2.45, 2.75) is 71.6 Å². The number of unbranched alkanes of at least 4 members (excludes halogenated alkanes) is 6. The summed E-state index contributed by atoms with van der Waals surface area (Å²) in [4.78, 5) is 7.01. The molecule has 1 aliphatic heterocycles. The Morgan fingerprint density at radius 2 is 0.735 bits per heavy atom. The van der Waals surface area contributed by atoms with Gasteiger partial charge in [0.2, 0.25) is 0 Å². The second-order valence-corrected chi connectivity index (χ2v) is 22.4. The topological polar surface area (TPSA) is 37.4 Å². The highest BCUT2D eigenvalue weighted by Crippen LogP contribution is 2.41. The molecule has 0 atom stereocenters. The molecule has 0 spiro atoms. The smallest absolute Gasteiger partial charge is 0.119 e. The zero-order valence-electron chi connectivity index (χ0n) is 48.3. The molecule has 0 amide bonds. The van der Waals surface area contributed by atoms with Crippen molar-refractivity contribution < 1.29 is 14.2 Å². The van der Waals surface area contributed by atoms with Gasteiger partial charge in [-0.2, -0.15) is 0 Å². The van der Waals surface area contributed by atoms with Gasteiger partial charge in [0.15, 0.2) is 0 Å². The molecule has 1 fully saturated rings. The Bertz CT molecular complexity index is 3510. The monoisotopic (exact) mass is 1090 g/mol. The Kier molecular flexibility index (Phi) is 18.9. The molecule has 10 aromatic rings. The Balaban J connectivity index is 0.842. The number of anilines is 9. The minimum Gasteiger partial charge on any atom is -0.494 e. The average Bonchev–Trinajstić information content (AvgIpc) is 3.53. The largest absolute Gasteiger partial charge is 0.494 e. The van der Waals surface area contributed by atoms with Crippen LogP contribution in [0.1, 0.15) is 70.8 Å². The fraction of sp³-hybridized carbons (Fsp3) is 0.221. The number of hydrogen-bond acceptors (Lipinski definition) is 6. The molecule has 0 bridgehead atoms. The Hall–Kier alpha value is -8.68. The quantitative estimate of drug-likeness (QED) is 0.0478. The predicted molar refractivity (Wildman–Crippen MR) is 348 cm³/mol. The lowest BCUT2D eigenvalue weighted by Gasteiger charge is -2.37. The molecular formula is C77H77N3O3. The molecule has 83 heavy (non-hydrogen) atoms. The number of ether oxygens (including phenoxy) is 3. The molecule has 11 rings (SSSR count). The molecule has 0 saturated carbocycles. The minimum atomic E-state index is 0.173. The van der Waals surface area contributed by atoms with Crippen LogP contribution in [0.3, 0.4) is 0 Å². The van der Waals surface area contributed by atoms with Crippen LogP contribution in [-0.2, 0) is 15.9 Å². The second-order valence-electron chi connectivity index (χ2n) is 22.4. The first-order chi connectivity index (χ1) is 41.0. The maximum atomic E-state index is 6.31. The van der Waals surface area contributed by atoms with E-state index in [0.717, 1.165) is 136 Å². The number of hydrogen-bond donors (Lipinski definition) is 0. The van der Waals surface area contributed by atoms with E-state index < -0.39 is 0 Å². The first-order valence-corrected chi connectivity index (χ1v) is 30.0. The van der Waals surface area contributed by atoms with Gasteiger partial charge in [0.05, 0.1) is 26.4 Å². The number of para-hydroxylation sites is 3. The molecule has 0 N–H and O–H groups in total. The van der Waals surface area contributed by atoms with Crippen molar-refractivity contribution in [3.63, 3.8) is 0 Å². The molecule has 0 unspecified atom stereocenters. The Morgan fingerprint density at radius 3 is 1.19 bits per heavy atom. The lowest BCUT2D eigenvalue weighted by Crippen LogP contribution is -2.43. The molecule has 1 heterocycles. The first kappa shape index (κ1) is 56.2. The van der Waals surface area contributed by atoms with Gasteiger partial charge in [-0.05, 0) is 186 Å². The van der Waals surface area contributed by atoms with Gasteiger partial charge < -0.3 is 28.9 Å². The molecule has 6 heteroatoms. The standard InChI is InChI=1S/C77H77N3O3/c1-3-4-5-6-7-11-22-60-33-43-70(44-34-60)79(69-29-16-10-17-30-69)72-47-37-62(38-48-72)64-41-51-74(52-42-64)80(75-31-20-23-65(55-75)66-24-21-32-76(56-66)83-54-19-18-53-81-57-77(2)58-82-59-77)73-49-39-63(40-50-73)61-35-45-71(46-36-61)78(67-25-12-8-13-26-67)68-27-14-9-15-28-68/h8-10,12-17,20-21,23-52,55-56H,3-7,11,18-19,22,53-54,57-59H2,1-2H3. The summed E-state index contributed by atoms with van der Waals surface area (Å²) in [6.45, 7) is 8.21. The summed E-state index contributed by atoms with van der Waals surface area (Å²) < 4.78 is 17.7. The van der Waals surface area contributed by atoms with Crippen molar-refractivity contribution in [1.29, 1.82) is 0 Å². The summed E-state index contributed by atoms with van der Waals surface area (Å²) in [6.07, 6.45) is 10.9. The van der Waals surface area contributed by atoms with Gasteiger partial charge in [0.1, 0.15) is 5.75 Å². The third-order valence-corrected chi connectivity index (χ3v) is 15.8. The average molecular weight is 1090 g/mol. The van der Waals surface area contributed by atoms with E-state index in [2.05, 4.69) is 289 Å². The van der Waals surface area contributed by atoms with Crippen LogP contribution in [0.4, 0.5) is 51.2 Å². The van der Waals surface area contributed by atoms with E-state index in [1.54, 1.807) is 0 Å². The SMILES string of the molecule is CCCCCCCCc1ccc(N(c2ccccc2)c2ccc(-c3ccc(N(c4ccc(-c5ccc(N(c6ccccc6)c6ccccc6)cc5)cc4)c4cccc(-c5cccc(OCCCCOCC6(C)COC6)c5)c4)cc3)cc2)cc1. The van der Waals surface area contributed by atoms with Crippen molar-refractivity contribution in [3.05, 3.63) is 266 Å². The van der Waals surface area contributed by atoms with Crippen molar-refractivity contribution >= 4 is 51.2 Å². The lowest BCUT2D eigenvalue weighted by atomic mass is 9.90. The van der Waals surface area contributed by atoms with E-state index in [4.69, 9.17) is 14.2 Å². The highest BCUT2D eigenvalue weighted by atomic mass is 16.5. The Morgan fingerprint density at radius 1 is 0.349 bits per heavy atom. The molecule has 6 nitrogen and oxygen atoms in total. The lowest BCUT2D eigenvalue weighted by molar-refractivity contribution is -0.138. The zero-order chi connectivity index (χ0) is 56.5. The van der Waals surface area contributed by atoms with E-state index in [-0.39, 0.29) is 5.41 Å². The summed E-state index contributed by atoms with van der Waals surface area (Å²) >= 11 is 0. The molecule has 1 aliphatic rings. The van der Waals surface area contributed by atoms with Gasteiger partial charge in [-0.1, -0.05) is 185 Å². The number of benzene rings is 10. The molecule has 1 saturated heterocycles.